The first kappa shape index (κ1) is 23.1. The van der Waals surface area contributed by atoms with Crippen molar-refractivity contribution in [2.45, 2.75) is 24.8 Å². The number of sulfonamides is 1. The maximum absolute atomic E-state index is 13.5. The maximum Gasteiger partial charge on any atom is 0.321 e. The van der Waals surface area contributed by atoms with Gasteiger partial charge < -0.3 is 10.1 Å². The van der Waals surface area contributed by atoms with Crippen molar-refractivity contribution >= 4 is 50.8 Å². The van der Waals surface area contributed by atoms with Gasteiger partial charge in [0.15, 0.2) is 6.10 Å². The summed E-state index contributed by atoms with van der Waals surface area (Å²) in [7, 11) is -4.04. The number of halogens is 3. The second kappa shape index (κ2) is 9.53. The standard InChI is InChI=1S/C18H17Cl2FN2O5S/c1-10-3-4-12(7-16(10)21)23-18(25)11(2)28-17(24)9-22-29(26,27)13-5-6-14(19)15(20)8-13/h3-8,11,22H,9H2,1-2H3,(H,23,25). The monoisotopic (exact) mass is 462 g/mol. The fourth-order valence-corrected chi connectivity index (χ4v) is 3.45. The van der Waals surface area contributed by atoms with Crippen molar-refractivity contribution in [1.82, 2.24) is 4.72 Å². The largest absolute Gasteiger partial charge is 0.452 e. The van der Waals surface area contributed by atoms with Crippen LogP contribution < -0.4 is 10.0 Å². The van der Waals surface area contributed by atoms with Crippen LogP contribution in [0.4, 0.5) is 10.1 Å². The van der Waals surface area contributed by atoms with Gasteiger partial charge in [-0.25, -0.2) is 12.8 Å². The zero-order valence-corrected chi connectivity index (χ0v) is 17.7. The lowest BCUT2D eigenvalue weighted by atomic mass is 10.2. The number of carbonyl (C=O) groups is 2. The van der Waals surface area contributed by atoms with Crippen molar-refractivity contribution < 1.29 is 27.1 Å². The van der Waals surface area contributed by atoms with Gasteiger partial charge in [-0.1, -0.05) is 29.3 Å². The maximum atomic E-state index is 13.5. The Morgan fingerprint density at radius 2 is 1.83 bits per heavy atom. The molecule has 2 aromatic rings. The van der Waals surface area contributed by atoms with E-state index >= 15 is 0 Å². The van der Waals surface area contributed by atoms with Crippen LogP contribution >= 0.6 is 23.2 Å². The topological polar surface area (TPSA) is 102 Å². The van der Waals surface area contributed by atoms with Gasteiger partial charge in [-0.05, 0) is 49.7 Å². The van der Waals surface area contributed by atoms with Gasteiger partial charge in [0.1, 0.15) is 12.4 Å². The molecule has 0 fully saturated rings. The molecular weight excluding hydrogens is 446 g/mol. The summed E-state index contributed by atoms with van der Waals surface area (Å²) in [6.07, 6.45) is -1.23. The highest BCUT2D eigenvalue weighted by atomic mass is 35.5. The SMILES string of the molecule is Cc1ccc(NC(=O)C(C)OC(=O)CNS(=O)(=O)c2ccc(Cl)c(Cl)c2)cc1F. The molecule has 2 rings (SSSR count). The molecule has 29 heavy (non-hydrogen) atoms. The lowest BCUT2D eigenvalue weighted by molar-refractivity contribution is -0.151. The summed E-state index contributed by atoms with van der Waals surface area (Å²) < 4.78 is 44.8. The average Bonchev–Trinajstić information content (AvgIpc) is 2.65. The van der Waals surface area contributed by atoms with E-state index in [2.05, 4.69) is 5.32 Å². The zero-order chi connectivity index (χ0) is 21.8. The number of hydrogen-bond acceptors (Lipinski definition) is 5. The molecule has 0 aliphatic carbocycles. The Hall–Kier alpha value is -2.20. The molecule has 0 aliphatic heterocycles. The molecule has 0 bridgehead atoms. The van der Waals surface area contributed by atoms with Gasteiger partial charge in [0.25, 0.3) is 5.91 Å². The number of anilines is 1. The van der Waals surface area contributed by atoms with Gasteiger partial charge in [0.05, 0.1) is 14.9 Å². The van der Waals surface area contributed by atoms with Crippen LogP contribution in [0.2, 0.25) is 10.0 Å². The Morgan fingerprint density at radius 3 is 2.45 bits per heavy atom. The predicted molar refractivity (Wildman–Crippen MR) is 107 cm³/mol. The number of ether oxygens (including phenoxy) is 1. The molecule has 0 spiro atoms. The third-order valence-corrected chi connectivity index (χ3v) is 5.86. The molecular formula is C18H17Cl2FN2O5S. The minimum Gasteiger partial charge on any atom is -0.452 e. The smallest absolute Gasteiger partial charge is 0.321 e. The number of carbonyl (C=O) groups excluding carboxylic acids is 2. The van der Waals surface area contributed by atoms with Crippen molar-refractivity contribution in [3.63, 3.8) is 0 Å². The van der Waals surface area contributed by atoms with Crippen molar-refractivity contribution in [3.05, 3.63) is 57.8 Å². The van der Waals surface area contributed by atoms with Crippen LogP contribution in [0, 0.1) is 12.7 Å². The van der Waals surface area contributed by atoms with Crippen LogP contribution in [0.3, 0.4) is 0 Å². The highest BCUT2D eigenvalue weighted by Gasteiger charge is 2.21. The number of benzene rings is 2. The van der Waals surface area contributed by atoms with E-state index in [1.807, 2.05) is 4.72 Å². The first-order valence-electron chi connectivity index (χ1n) is 8.21. The van der Waals surface area contributed by atoms with Gasteiger partial charge in [-0.15, -0.1) is 0 Å². The molecule has 156 valence electrons. The summed E-state index contributed by atoms with van der Waals surface area (Å²) in [6, 6.07) is 7.77. The number of nitrogens with one attached hydrogen (secondary N) is 2. The normalized spacial score (nSPS) is 12.3. The van der Waals surface area contributed by atoms with Crippen LogP contribution in [-0.2, 0) is 24.3 Å². The van der Waals surface area contributed by atoms with Crippen LogP contribution in [0.25, 0.3) is 0 Å². The van der Waals surface area contributed by atoms with E-state index in [4.69, 9.17) is 27.9 Å². The van der Waals surface area contributed by atoms with E-state index in [-0.39, 0.29) is 20.6 Å². The van der Waals surface area contributed by atoms with E-state index < -0.39 is 40.4 Å². The first-order chi connectivity index (χ1) is 13.5. The fourth-order valence-electron chi connectivity index (χ4n) is 2.09. The molecule has 0 saturated heterocycles. The number of rotatable bonds is 7. The van der Waals surface area contributed by atoms with E-state index in [9.17, 15) is 22.4 Å². The summed E-state index contributed by atoms with van der Waals surface area (Å²) in [5, 5.41) is 2.62. The van der Waals surface area contributed by atoms with Crippen molar-refractivity contribution in [3.8, 4) is 0 Å². The van der Waals surface area contributed by atoms with Crippen LogP contribution in [0.15, 0.2) is 41.3 Å². The summed E-state index contributed by atoms with van der Waals surface area (Å²) in [6.45, 7) is 2.16. The number of amides is 1. The van der Waals surface area contributed by atoms with Crippen LogP contribution in [0.1, 0.15) is 12.5 Å². The Labute approximate surface area is 177 Å². The van der Waals surface area contributed by atoms with E-state index in [1.165, 1.54) is 31.2 Å². The Bertz CT molecular complexity index is 1050. The van der Waals surface area contributed by atoms with Crippen molar-refractivity contribution in [2.24, 2.45) is 0 Å². The number of esters is 1. The molecule has 2 N–H and O–H groups in total. The third-order valence-electron chi connectivity index (χ3n) is 3.72. The van der Waals surface area contributed by atoms with Crippen molar-refractivity contribution in [1.29, 1.82) is 0 Å². The summed E-state index contributed by atoms with van der Waals surface area (Å²) in [5.74, 6) is -2.18. The van der Waals surface area contributed by atoms with E-state index in [1.54, 1.807) is 6.92 Å². The van der Waals surface area contributed by atoms with Gasteiger partial charge in [0, 0.05) is 5.69 Å². The molecule has 1 unspecified atom stereocenters. The lowest BCUT2D eigenvalue weighted by Crippen LogP contribution is -2.35. The molecule has 0 heterocycles. The Kier molecular flexibility index (Phi) is 7.59. The average molecular weight is 463 g/mol. The van der Waals surface area contributed by atoms with Gasteiger partial charge in [0.2, 0.25) is 10.0 Å². The zero-order valence-electron chi connectivity index (χ0n) is 15.3. The minimum atomic E-state index is -4.04. The summed E-state index contributed by atoms with van der Waals surface area (Å²) in [5.41, 5.74) is 0.609. The molecule has 0 radical (unpaired) electrons. The first-order valence-corrected chi connectivity index (χ1v) is 10.4. The molecule has 11 heteroatoms. The van der Waals surface area contributed by atoms with E-state index in [0.717, 1.165) is 12.1 Å². The van der Waals surface area contributed by atoms with Crippen LogP contribution in [-0.4, -0.2) is 32.9 Å². The second-order valence-corrected chi connectivity index (χ2v) is 8.57. The highest BCUT2D eigenvalue weighted by Crippen LogP contribution is 2.24. The van der Waals surface area contributed by atoms with Gasteiger partial charge >= 0.3 is 5.97 Å². The lowest BCUT2D eigenvalue weighted by Gasteiger charge is -2.14. The highest BCUT2D eigenvalue weighted by molar-refractivity contribution is 7.89. The van der Waals surface area contributed by atoms with Gasteiger partial charge in [-0.3, -0.25) is 9.59 Å². The molecule has 0 aliphatic rings. The Morgan fingerprint density at radius 1 is 1.14 bits per heavy atom. The van der Waals surface area contributed by atoms with Gasteiger partial charge in [-0.2, -0.15) is 4.72 Å². The molecule has 0 aromatic heterocycles. The molecule has 0 saturated carbocycles. The third kappa shape index (κ3) is 6.40. The molecule has 1 amide bonds. The van der Waals surface area contributed by atoms with Crippen LogP contribution in [0.5, 0.6) is 0 Å². The van der Waals surface area contributed by atoms with E-state index in [0.29, 0.717) is 5.56 Å². The Balaban J connectivity index is 1.91. The molecule has 2 aromatic carbocycles. The summed E-state index contributed by atoms with van der Waals surface area (Å²) >= 11 is 11.5. The summed E-state index contributed by atoms with van der Waals surface area (Å²) in [4.78, 5) is 23.7. The number of aryl methyl sites for hydroxylation is 1. The fraction of sp³-hybridized carbons (Fsp3) is 0.222. The molecule has 1 atom stereocenters. The quantitative estimate of drug-likeness (QED) is 0.614. The predicted octanol–water partition coefficient (Wildman–Crippen LogP) is 3.29. The number of hydrogen-bond donors (Lipinski definition) is 2. The second-order valence-electron chi connectivity index (χ2n) is 5.99. The molecule has 7 nitrogen and oxygen atoms in total. The minimum absolute atomic E-state index is 0.0370. The van der Waals surface area contributed by atoms with Crippen molar-refractivity contribution in [2.75, 3.05) is 11.9 Å².